The number of nitrogens with two attached hydrogens (primary N) is 2. The molecule has 2 aromatic rings. The Morgan fingerprint density at radius 2 is 1.51 bits per heavy atom. The molecule has 10 N–H and O–H groups in total. The summed E-state index contributed by atoms with van der Waals surface area (Å²) in [5.41, 5.74) is 17.3. The van der Waals surface area contributed by atoms with E-state index in [9.17, 15) is 28.8 Å². The van der Waals surface area contributed by atoms with Crippen molar-refractivity contribution in [3.63, 3.8) is 0 Å². The van der Waals surface area contributed by atoms with Crippen molar-refractivity contribution in [1.29, 1.82) is 0 Å². The van der Waals surface area contributed by atoms with Gasteiger partial charge >= 0.3 is 0 Å². The average molecular weight is 700 g/mol. The average Bonchev–Trinajstić information content (AvgIpc) is 3.08. The Balaban J connectivity index is 2.30. The summed E-state index contributed by atoms with van der Waals surface area (Å²) in [6.45, 7) is 4.18. The molecule has 1 heterocycles. The fourth-order valence-corrected chi connectivity index (χ4v) is 5.34. The van der Waals surface area contributed by atoms with Crippen molar-refractivity contribution in [2.45, 2.75) is 76.5 Å². The topological polar surface area (TPSA) is 240 Å². The second-order valence-electron chi connectivity index (χ2n) is 11.8. The lowest BCUT2D eigenvalue weighted by Crippen LogP contribution is -2.59. The molecule has 49 heavy (non-hydrogen) atoms. The minimum atomic E-state index is -1.12. The summed E-state index contributed by atoms with van der Waals surface area (Å²) in [5.74, 6) is -2.46. The maximum Gasteiger partial charge on any atom is 0.260 e. The third-order valence-corrected chi connectivity index (χ3v) is 8.08. The van der Waals surface area contributed by atoms with Gasteiger partial charge in [-0.1, -0.05) is 44.2 Å². The molecule has 0 bridgehead atoms. The van der Waals surface area contributed by atoms with Crippen LogP contribution in [-0.4, -0.2) is 83.7 Å². The van der Waals surface area contributed by atoms with E-state index in [4.69, 9.17) is 11.5 Å². The summed E-state index contributed by atoms with van der Waals surface area (Å²) in [7, 11) is 0. The standard InChI is InChI=1S/C33H49N9O6S/c1-21(2)17-27(39-30(45)25(37-20-43)13-16-49-3)31(46)40-28(18-22-9-5-4-6-10-22)32(47)38-26(11-7-8-14-34)33(48)42-41-24-12-15-36-19-23(24)29(35)44/h4-6,9-10,12,15,19-21,25-28H,7-8,11,13-14,16-18,34H2,1-3H3,(H2,35,44)(H,36,41)(H,37,43)(H,38,47)(H,39,45)(H,40,46)(H,42,48)/t25-,26-,27-,28-/m0/s1. The summed E-state index contributed by atoms with van der Waals surface area (Å²) in [6.07, 6.45) is 7.08. The molecular weight excluding hydrogens is 650 g/mol. The SMILES string of the molecule is CSCC[C@H](NC=O)C(=O)N[C@@H](CC(C)C)C(=O)N[C@@H](Cc1ccccc1)C(=O)N[C@@H](CCCCN)C(=O)NNc1ccncc1C(N)=O. The fraction of sp³-hybridized carbons (Fsp3) is 0.485. The van der Waals surface area contributed by atoms with Crippen molar-refractivity contribution in [3.8, 4) is 0 Å². The summed E-state index contributed by atoms with van der Waals surface area (Å²) in [5, 5.41) is 10.8. The predicted octanol–water partition coefficient (Wildman–Crippen LogP) is 0.364. The number of hydrogen-bond acceptors (Lipinski definition) is 10. The van der Waals surface area contributed by atoms with E-state index in [0.717, 1.165) is 5.56 Å². The third kappa shape index (κ3) is 14.5. The highest BCUT2D eigenvalue weighted by molar-refractivity contribution is 7.98. The number of rotatable bonds is 23. The lowest BCUT2D eigenvalue weighted by Gasteiger charge is -2.27. The molecule has 2 rings (SSSR count). The molecule has 0 aliphatic carbocycles. The van der Waals surface area contributed by atoms with Crippen LogP contribution in [0.3, 0.4) is 0 Å². The van der Waals surface area contributed by atoms with Crippen molar-refractivity contribution >= 4 is 53.4 Å². The van der Waals surface area contributed by atoms with Gasteiger partial charge in [0.25, 0.3) is 11.8 Å². The molecular formula is C33H49N9O6S. The van der Waals surface area contributed by atoms with Gasteiger partial charge in [-0.3, -0.25) is 44.6 Å². The zero-order valence-corrected chi connectivity index (χ0v) is 29.0. The Morgan fingerprint density at radius 3 is 2.14 bits per heavy atom. The van der Waals surface area contributed by atoms with Crippen molar-refractivity contribution in [3.05, 3.63) is 59.9 Å². The highest BCUT2D eigenvalue weighted by Gasteiger charge is 2.31. The molecule has 0 unspecified atom stereocenters. The van der Waals surface area contributed by atoms with Gasteiger partial charge in [-0.25, -0.2) is 0 Å². The molecule has 0 radical (unpaired) electrons. The minimum Gasteiger partial charge on any atom is -0.365 e. The maximum absolute atomic E-state index is 13.9. The van der Waals surface area contributed by atoms with Crippen molar-refractivity contribution in [1.82, 2.24) is 31.7 Å². The highest BCUT2D eigenvalue weighted by Crippen LogP contribution is 2.13. The number of amides is 6. The first-order valence-electron chi connectivity index (χ1n) is 16.1. The van der Waals surface area contributed by atoms with E-state index >= 15 is 0 Å². The molecule has 6 amide bonds. The number of primary amides is 1. The van der Waals surface area contributed by atoms with Gasteiger partial charge in [-0.15, -0.1) is 0 Å². The molecule has 0 saturated heterocycles. The molecule has 0 aliphatic heterocycles. The molecule has 4 atom stereocenters. The van der Waals surface area contributed by atoms with Gasteiger partial charge in [0.1, 0.15) is 24.2 Å². The number of carbonyl (C=O) groups is 6. The number of nitrogens with zero attached hydrogens (tertiary/aromatic N) is 1. The van der Waals surface area contributed by atoms with Gasteiger partial charge in [0.2, 0.25) is 24.1 Å². The second kappa shape index (κ2) is 22.0. The van der Waals surface area contributed by atoms with Crippen LogP contribution in [-0.2, 0) is 30.4 Å². The van der Waals surface area contributed by atoms with E-state index in [2.05, 4.69) is 37.1 Å². The molecule has 0 saturated carbocycles. The molecule has 16 heteroatoms. The fourth-order valence-electron chi connectivity index (χ4n) is 4.86. The van der Waals surface area contributed by atoms with Crippen LogP contribution >= 0.6 is 11.8 Å². The van der Waals surface area contributed by atoms with E-state index < -0.39 is 53.7 Å². The van der Waals surface area contributed by atoms with Gasteiger partial charge < -0.3 is 32.7 Å². The van der Waals surface area contributed by atoms with Gasteiger partial charge in [0.15, 0.2) is 0 Å². The van der Waals surface area contributed by atoms with Crippen molar-refractivity contribution in [2.75, 3.05) is 24.0 Å². The highest BCUT2D eigenvalue weighted by atomic mass is 32.2. The van der Waals surface area contributed by atoms with Gasteiger partial charge in [0, 0.05) is 18.8 Å². The summed E-state index contributed by atoms with van der Waals surface area (Å²) >= 11 is 1.52. The molecule has 0 spiro atoms. The second-order valence-corrected chi connectivity index (χ2v) is 12.8. The quantitative estimate of drug-likeness (QED) is 0.0450. The first-order valence-corrected chi connectivity index (χ1v) is 17.5. The number of thioether (sulfide) groups is 1. The van der Waals surface area contributed by atoms with Crippen LogP contribution in [0.5, 0.6) is 0 Å². The smallest absolute Gasteiger partial charge is 0.260 e. The number of hydrogen-bond donors (Lipinski definition) is 8. The Morgan fingerprint density at radius 1 is 0.857 bits per heavy atom. The molecule has 15 nitrogen and oxygen atoms in total. The molecule has 268 valence electrons. The van der Waals surface area contributed by atoms with Gasteiger partial charge in [0.05, 0.1) is 11.3 Å². The van der Waals surface area contributed by atoms with E-state index in [1.165, 1.54) is 30.2 Å². The molecule has 1 aromatic heterocycles. The first kappa shape index (κ1) is 40.5. The van der Waals surface area contributed by atoms with Crippen LogP contribution in [0.2, 0.25) is 0 Å². The number of aromatic nitrogens is 1. The number of nitrogens with one attached hydrogen (secondary N) is 6. The Bertz CT molecular complexity index is 1380. The largest absolute Gasteiger partial charge is 0.365 e. The van der Waals surface area contributed by atoms with Crippen LogP contribution in [0, 0.1) is 5.92 Å². The van der Waals surface area contributed by atoms with E-state index in [-0.39, 0.29) is 36.4 Å². The van der Waals surface area contributed by atoms with Crippen LogP contribution in [0.4, 0.5) is 5.69 Å². The van der Waals surface area contributed by atoms with Gasteiger partial charge in [-0.05, 0) is 68.2 Å². The normalized spacial score (nSPS) is 13.2. The number of anilines is 1. The number of benzene rings is 1. The van der Waals surface area contributed by atoms with Crippen molar-refractivity contribution in [2.24, 2.45) is 17.4 Å². The summed E-state index contributed by atoms with van der Waals surface area (Å²) < 4.78 is 0. The van der Waals surface area contributed by atoms with E-state index in [0.29, 0.717) is 38.0 Å². The lowest BCUT2D eigenvalue weighted by molar-refractivity contribution is -0.134. The van der Waals surface area contributed by atoms with E-state index in [1.54, 1.807) is 12.1 Å². The zero-order chi connectivity index (χ0) is 36.2. The van der Waals surface area contributed by atoms with Crippen LogP contribution in [0.1, 0.15) is 61.9 Å². The number of pyridine rings is 1. The van der Waals surface area contributed by atoms with Crippen molar-refractivity contribution < 1.29 is 28.8 Å². The maximum atomic E-state index is 13.9. The molecule has 1 aromatic carbocycles. The van der Waals surface area contributed by atoms with Gasteiger partial charge in [-0.2, -0.15) is 11.8 Å². The summed E-state index contributed by atoms with van der Waals surface area (Å²) in [4.78, 5) is 80.9. The van der Waals surface area contributed by atoms with Crippen LogP contribution < -0.4 is 43.6 Å². The lowest BCUT2D eigenvalue weighted by atomic mass is 10.00. The zero-order valence-electron chi connectivity index (χ0n) is 28.2. The number of hydrazine groups is 1. The molecule has 0 aliphatic rings. The monoisotopic (exact) mass is 699 g/mol. The predicted molar refractivity (Wildman–Crippen MR) is 189 cm³/mol. The van der Waals surface area contributed by atoms with Crippen LogP contribution in [0.25, 0.3) is 0 Å². The number of carbonyl (C=O) groups excluding carboxylic acids is 6. The Hall–Kier alpha value is -4.70. The summed E-state index contributed by atoms with van der Waals surface area (Å²) in [6, 6.07) is 6.50. The Kier molecular flexibility index (Phi) is 18.2. The third-order valence-electron chi connectivity index (χ3n) is 7.44. The first-order chi connectivity index (χ1) is 23.5. The van der Waals surface area contributed by atoms with Crippen LogP contribution in [0.15, 0.2) is 48.8 Å². The van der Waals surface area contributed by atoms with E-state index in [1.807, 2.05) is 38.3 Å². The Labute approximate surface area is 291 Å². The minimum absolute atomic E-state index is 0.000254. The number of unbranched alkanes of at least 4 members (excludes halogenated alkanes) is 1. The molecule has 0 fully saturated rings.